The molecule has 0 aliphatic heterocycles. The lowest BCUT2D eigenvalue weighted by Gasteiger charge is -2.25. The van der Waals surface area contributed by atoms with Crippen molar-refractivity contribution in [1.82, 2.24) is 9.97 Å². The van der Waals surface area contributed by atoms with Crippen molar-refractivity contribution >= 4 is 13.4 Å². The summed E-state index contributed by atoms with van der Waals surface area (Å²) >= 11 is 0. The van der Waals surface area contributed by atoms with Crippen molar-refractivity contribution in [2.45, 2.75) is 46.0 Å². The van der Waals surface area contributed by atoms with Crippen molar-refractivity contribution < 1.29 is 18.3 Å². The Kier molecular flexibility index (Phi) is 9.32. The van der Waals surface area contributed by atoms with E-state index in [9.17, 15) is 9.36 Å². The van der Waals surface area contributed by atoms with Gasteiger partial charge in [-0.1, -0.05) is 5.11 Å². The summed E-state index contributed by atoms with van der Waals surface area (Å²) in [6.45, 7) is 7.18. The number of aromatic amines is 1. The zero-order chi connectivity index (χ0) is 19.6. The first-order chi connectivity index (χ1) is 12.2. The molecule has 12 heteroatoms. The van der Waals surface area contributed by atoms with Gasteiger partial charge in [0, 0.05) is 17.7 Å². The van der Waals surface area contributed by atoms with E-state index in [2.05, 4.69) is 25.3 Å². The van der Waals surface area contributed by atoms with Gasteiger partial charge in [-0.25, -0.2) is 9.78 Å². The fourth-order valence-electron chi connectivity index (χ4n) is 1.92. The van der Waals surface area contributed by atoms with E-state index in [1.165, 1.54) is 6.20 Å². The number of ether oxygens (including phenoxy) is 1. The SMILES string of the molecule is CC(C)OP(=O)(CO[C@H](CN=[N+]=[N-])CNc1ccnc(=O)[nH]1)OC(C)C. The molecule has 1 heterocycles. The fraction of sp³-hybridized carbons (Fsp3) is 0.714. The summed E-state index contributed by atoms with van der Waals surface area (Å²) in [6.07, 6.45) is -0.158. The van der Waals surface area contributed by atoms with Gasteiger partial charge in [0.2, 0.25) is 0 Å². The lowest BCUT2D eigenvalue weighted by Crippen LogP contribution is -2.28. The maximum absolute atomic E-state index is 12.8. The topological polar surface area (TPSA) is 151 Å². The number of nitrogens with zero attached hydrogens (tertiary/aromatic N) is 4. The van der Waals surface area contributed by atoms with E-state index in [0.717, 1.165) is 0 Å². The third-order valence-electron chi connectivity index (χ3n) is 2.75. The molecule has 26 heavy (non-hydrogen) atoms. The summed E-state index contributed by atoms with van der Waals surface area (Å²) in [4.78, 5) is 19.9. The summed E-state index contributed by atoms with van der Waals surface area (Å²) in [5.74, 6) is 0.430. The smallest absolute Gasteiger partial charge is 0.356 e. The third kappa shape index (κ3) is 8.98. The maximum Gasteiger partial charge on any atom is 0.356 e. The molecule has 0 aliphatic rings. The number of anilines is 1. The Hall–Kier alpha value is -1.90. The number of aromatic nitrogens is 2. The van der Waals surface area contributed by atoms with Crippen LogP contribution in [0, 0.1) is 0 Å². The first kappa shape index (κ1) is 22.1. The highest BCUT2D eigenvalue weighted by molar-refractivity contribution is 7.53. The van der Waals surface area contributed by atoms with Crippen LogP contribution in [0.4, 0.5) is 5.82 Å². The van der Waals surface area contributed by atoms with Crippen LogP contribution in [0.25, 0.3) is 10.4 Å². The standard InChI is InChI=1S/C14H25N6O5P/c1-10(2)24-26(22,25-11(3)4)9-23-12(8-18-20-15)7-17-13-5-6-16-14(21)19-13/h5-6,10-12H,7-9H2,1-4H3,(H2,16,17,19,21)/t12-/m0/s1. The Balaban J connectivity index is 2.73. The molecular formula is C14H25N6O5P. The van der Waals surface area contributed by atoms with Gasteiger partial charge in [0.05, 0.1) is 24.9 Å². The highest BCUT2D eigenvalue weighted by Crippen LogP contribution is 2.50. The number of H-pyrrole nitrogens is 1. The predicted octanol–water partition coefficient (Wildman–Crippen LogP) is 2.88. The van der Waals surface area contributed by atoms with E-state index >= 15 is 0 Å². The average molecular weight is 388 g/mol. The van der Waals surface area contributed by atoms with Crippen molar-refractivity contribution in [2.75, 3.05) is 24.8 Å². The Morgan fingerprint density at radius 1 is 1.35 bits per heavy atom. The van der Waals surface area contributed by atoms with E-state index in [0.29, 0.717) is 5.82 Å². The number of hydrogen-bond donors (Lipinski definition) is 2. The molecule has 1 rings (SSSR count). The van der Waals surface area contributed by atoms with Crippen LogP contribution in [0.15, 0.2) is 22.2 Å². The zero-order valence-electron chi connectivity index (χ0n) is 15.3. The molecule has 0 saturated heterocycles. The Morgan fingerprint density at radius 3 is 2.54 bits per heavy atom. The lowest BCUT2D eigenvalue weighted by atomic mass is 10.3. The highest BCUT2D eigenvalue weighted by atomic mass is 31.2. The second-order valence-electron chi connectivity index (χ2n) is 5.92. The number of rotatable bonds is 12. The molecule has 0 fully saturated rings. The van der Waals surface area contributed by atoms with Gasteiger partial charge in [0.1, 0.15) is 12.2 Å². The van der Waals surface area contributed by atoms with E-state index in [1.54, 1.807) is 33.8 Å². The van der Waals surface area contributed by atoms with E-state index < -0.39 is 19.4 Å². The van der Waals surface area contributed by atoms with Crippen LogP contribution >= 0.6 is 7.60 Å². The van der Waals surface area contributed by atoms with Gasteiger partial charge in [0.25, 0.3) is 0 Å². The molecule has 0 saturated carbocycles. The molecule has 1 atom stereocenters. The van der Waals surface area contributed by atoms with Crippen LogP contribution < -0.4 is 11.0 Å². The number of azide groups is 1. The van der Waals surface area contributed by atoms with Crippen LogP contribution in [-0.2, 0) is 18.3 Å². The van der Waals surface area contributed by atoms with Gasteiger partial charge >= 0.3 is 13.3 Å². The fourth-order valence-corrected chi connectivity index (χ4v) is 3.77. The normalized spacial score (nSPS) is 12.8. The van der Waals surface area contributed by atoms with Gasteiger partial charge in [-0.2, -0.15) is 0 Å². The van der Waals surface area contributed by atoms with Gasteiger partial charge in [0.15, 0.2) is 0 Å². The Morgan fingerprint density at radius 2 is 2.00 bits per heavy atom. The molecule has 0 spiro atoms. The zero-order valence-corrected chi connectivity index (χ0v) is 16.2. The number of nitrogens with one attached hydrogen (secondary N) is 2. The maximum atomic E-state index is 12.8. The van der Waals surface area contributed by atoms with Crippen molar-refractivity contribution in [1.29, 1.82) is 0 Å². The first-order valence-corrected chi connectivity index (χ1v) is 9.84. The highest BCUT2D eigenvalue weighted by Gasteiger charge is 2.29. The minimum Gasteiger partial charge on any atom is -0.369 e. The molecule has 146 valence electrons. The largest absolute Gasteiger partial charge is 0.369 e. The van der Waals surface area contributed by atoms with Crippen molar-refractivity contribution in [3.05, 3.63) is 33.2 Å². The molecule has 0 aromatic carbocycles. The van der Waals surface area contributed by atoms with Gasteiger partial charge in [-0.05, 0) is 39.3 Å². The summed E-state index contributed by atoms with van der Waals surface area (Å²) < 4.78 is 29.2. The van der Waals surface area contributed by atoms with E-state index in [4.69, 9.17) is 19.3 Å². The number of hydrogen-bond acceptors (Lipinski definition) is 8. The molecule has 0 bridgehead atoms. The minimum absolute atomic E-state index is 0.00216. The molecule has 11 nitrogen and oxygen atoms in total. The van der Waals surface area contributed by atoms with Crippen molar-refractivity contribution in [2.24, 2.45) is 5.11 Å². The van der Waals surface area contributed by atoms with Crippen LogP contribution in [0.1, 0.15) is 27.7 Å². The molecule has 2 N–H and O–H groups in total. The van der Waals surface area contributed by atoms with Crippen molar-refractivity contribution in [3.8, 4) is 0 Å². The van der Waals surface area contributed by atoms with Crippen LogP contribution in [0.2, 0.25) is 0 Å². The summed E-state index contributed by atoms with van der Waals surface area (Å²) in [5, 5.41) is 6.42. The molecule has 0 unspecified atom stereocenters. The van der Waals surface area contributed by atoms with Crippen LogP contribution in [0.3, 0.4) is 0 Å². The third-order valence-corrected chi connectivity index (χ3v) is 4.71. The molecule has 0 aliphatic carbocycles. The average Bonchev–Trinajstić information content (AvgIpc) is 2.52. The van der Waals surface area contributed by atoms with Crippen LogP contribution in [-0.4, -0.2) is 47.7 Å². The Bertz CT molecular complexity index is 689. The quantitative estimate of drug-likeness (QED) is 0.242. The van der Waals surface area contributed by atoms with Crippen molar-refractivity contribution in [3.63, 3.8) is 0 Å². The monoisotopic (exact) mass is 388 g/mol. The second kappa shape index (κ2) is 10.9. The summed E-state index contributed by atoms with van der Waals surface area (Å²) in [5.41, 5.74) is 8.03. The Labute approximate surface area is 151 Å². The predicted molar refractivity (Wildman–Crippen MR) is 97.1 cm³/mol. The molecule has 1 aromatic heterocycles. The minimum atomic E-state index is -3.47. The molecule has 0 amide bonds. The molecular weight excluding hydrogens is 363 g/mol. The van der Waals surface area contributed by atoms with E-state index in [1.807, 2.05) is 0 Å². The van der Waals surface area contributed by atoms with Gasteiger partial charge in [-0.15, -0.1) is 0 Å². The first-order valence-electron chi connectivity index (χ1n) is 8.11. The van der Waals surface area contributed by atoms with E-state index in [-0.39, 0.29) is 31.6 Å². The second-order valence-corrected chi connectivity index (χ2v) is 7.82. The lowest BCUT2D eigenvalue weighted by molar-refractivity contribution is 0.0641. The van der Waals surface area contributed by atoms with Gasteiger partial charge in [-0.3, -0.25) is 9.55 Å². The van der Waals surface area contributed by atoms with Crippen LogP contribution in [0.5, 0.6) is 0 Å². The molecule has 1 aromatic rings. The van der Waals surface area contributed by atoms with Gasteiger partial charge < -0.3 is 19.1 Å². The molecule has 0 radical (unpaired) electrons. The summed E-state index contributed by atoms with van der Waals surface area (Å²) in [7, 11) is -3.47. The summed E-state index contributed by atoms with van der Waals surface area (Å²) in [6, 6.07) is 1.57.